The van der Waals surface area contributed by atoms with Gasteiger partial charge in [0.05, 0.1) is 0 Å². The quantitative estimate of drug-likeness (QED) is 0.511. The first-order chi connectivity index (χ1) is 7.73. The summed E-state index contributed by atoms with van der Waals surface area (Å²) in [5.41, 5.74) is 2.61. The van der Waals surface area contributed by atoms with Gasteiger partial charge in [0.2, 0.25) is 0 Å². The van der Waals surface area contributed by atoms with Crippen molar-refractivity contribution in [2.24, 2.45) is 28.6 Å². The summed E-state index contributed by atoms with van der Waals surface area (Å²) in [7, 11) is 0. The minimum Gasteiger partial charge on any atom is -0.303 e. The maximum atomic E-state index is 11.0. The van der Waals surface area contributed by atoms with Crippen LogP contribution in [0.1, 0.15) is 44.9 Å². The molecule has 1 nitrogen and oxygen atoms in total. The van der Waals surface area contributed by atoms with Crippen molar-refractivity contribution in [1.29, 1.82) is 0 Å². The highest BCUT2D eigenvalue weighted by Gasteiger charge is 2.79. The molecule has 1 heteroatoms. The summed E-state index contributed by atoms with van der Waals surface area (Å²) in [5.74, 6) is 2.58. The standard InChI is InChI=1S/C15H20O/c1-10-2-3-11-8-13-12(10)4-5-15(13)9-14(11,15)6-7-16/h7,11-13H,1-6,8-9H2/t11-,12-,13+,14-,15+/m0/s1. The number of carbonyl (C=O) groups is 1. The Balaban J connectivity index is 1.79. The molecular formula is C15H20O. The molecule has 0 aromatic carbocycles. The monoisotopic (exact) mass is 216 g/mol. The van der Waals surface area contributed by atoms with E-state index in [0.29, 0.717) is 10.8 Å². The van der Waals surface area contributed by atoms with E-state index in [0.717, 1.165) is 24.2 Å². The van der Waals surface area contributed by atoms with Gasteiger partial charge in [0.1, 0.15) is 6.29 Å². The highest BCUT2D eigenvalue weighted by molar-refractivity contribution is 5.54. The number of carbonyl (C=O) groups excluding carboxylic acids is 1. The Bertz CT molecular complexity index is 385. The lowest BCUT2D eigenvalue weighted by atomic mass is 9.80. The molecule has 4 fully saturated rings. The van der Waals surface area contributed by atoms with E-state index in [1.807, 2.05) is 0 Å². The van der Waals surface area contributed by atoms with Gasteiger partial charge in [-0.1, -0.05) is 12.2 Å². The highest BCUT2D eigenvalue weighted by atomic mass is 16.1. The summed E-state index contributed by atoms with van der Waals surface area (Å²) in [4.78, 5) is 11.0. The number of hydrogen-bond acceptors (Lipinski definition) is 1. The van der Waals surface area contributed by atoms with Crippen molar-refractivity contribution in [3.05, 3.63) is 12.2 Å². The van der Waals surface area contributed by atoms with E-state index in [-0.39, 0.29) is 0 Å². The third-order valence-corrected chi connectivity index (χ3v) is 6.70. The summed E-state index contributed by atoms with van der Waals surface area (Å²) in [6.07, 6.45) is 10.2. The molecule has 86 valence electrons. The Labute approximate surface area is 97.3 Å². The molecule has 0 aromatic heterocycles. The van der Waals surface area contributed by atoms with E-state index in [9.17, 15) is 4.79 Å². The van der Waals surface area contributed by atoms with Crippen LogP contribution in [0.15, 0.2) is 12.2 Å². The zero-order valence-electron chi connectivity index (χ0n) is 9.87. The fourth-order valence-corrected chi connectivity index (χ4v) is 6.03. The maximum absolute atomic E-state index is 11.0. The molecule has 0 radical (unpaired) electrons. The second-order valence-electron chi connectivity index (χ2n) is 6.74. The molecular weight excluding hydrogens is 196 g/mol. The van der Waals surface area contributed by atoms with Gasteiger partial charge in [0.25, 0.3) is 0 Å². The Morgan fingerprint density at radius 2 is 2.31 bits per heavy atom. The van der Waals surface area contributed by atoms with Crippen molar-refractivity contribution in [3.63, 3.8) is 0 Å². The highest BCUT2D eigenvalue weighted by Crippen LogP contribution is 2.86. The van der Waals surface area contributed by atoms with Gasteiger partial charge in [-0.05, 0) is 67.1 Å². The molecule has 0 amide bonds. The van der Waals surface area contributed by atoms with E-state index in [2.05, 4.69) is 6.58 Å². The van der Waals surface area contributed by atoms with Crippen LogP contribution in [0.4, 0.5) is 0 Å². The van der Waals surface area contributed by atoms with Crippen molar-refractivity contribution >= 4 is 6.29 Å². The first-order valence-electron chi connectivity index (χ1n) is 6.85. The predicted octanol–water partition coefficient (Wildman–Crippen LogP) is 3.35. The fraction of sp³-hybridized carbons (Fsp3) is 0.800. The Hall–Kier alpha value is -0.590. The third-order valence-electron chi connectivity index (χ3n) is 6.70. The zero-order valence-corrected chi connectivity index (χ0v) is 9.87. The molecule has 0 heterocycles. The largest absolute Gasteiger partial charge is 0.303 e. The molecule has 4 saturated carbocycles. The van der Waals surface area contributed by atoms with Crippen LogP contribution in [-0.4, -0.2) is 6.29 Å². The van der Waals surface area contributed by atoms with Crippen LogP contribution in [0.25, 0.3) is 0 Å². The summed E-state index contributed by atoms with van der Waals surface area (Å²) in [6, 6.07) is 0. The second kappa shape index (κ2) is 2.63. The van der Waals surface area contributed by atoms with Crippen LogP contribution >= 0.6 is 0 Å². The Morgan fingerprint density at radius 1 is 1.44 bits per heavy atom. The normalized spacial score (nSPS) is 57.0. The molecule has 0 N–H and O–H groups in total. The minimum absolute atomic E-state index is 0.467. The smallest absolute Gasteiger partial charge is 0.120 e. The molecule has 0 saturated heterocycles. The molecule has 0 unspecified atom stereocenters. The lowest BCUT2D eigenvalue weighted by molar-refractivity contribution is -0.109. The lowest BCUT2D eigenvalue weighted by Crippen LogP contribution is -2.18. The summed E-state index contributed by atoms with van der Waals surface area (Å²) >= 11 is 0. The van der Waals surface area contributed by atoms with Crippen LogP contribution < -0.4 is 0 Å². The van der Waals surface area contributed by atoms with Crippen molar-refractivity contribution < 1.29 is 4.79 Å². The molecule has 16 heavy (non-hydrogen) atoms. The van der Waals surface area contributed by atoms with Crippen molar-refractivity contribution in [1.82, 2.24) is 0 Å². The molecule has 4 aliphatic carbocycles. The Morgan fingerprint density at radius 3 is 3.12 bits per heavy atom. The minimum atomic E-state index is 0.467. The predicted molar refractivity (Wildman–Crippen MR) is 62.9 cm³/mol. The summed E-state index contributed by atoms with van der Waals surface area (Å²) < 4.78 is 0. The number of aldehydes is 1. The zero-order chi connectivity index (χ0) is 11.0. The molecule has 0 aromatic rings. The van der Waals surface area contributed by atoms with Gasteiger partial charge in [0, 0.05) is 6.42 Å². The second-order valence-corrected chi connectivity index (χ2v) is 6.74. The van der Waals surface area contributed by atoms with Gasteiger partial charge in [-0.3, -0.25) is 0 Å². The maximum Gasteiger partial charge on any atom is 0.120 e. The average molecular weight is 216 g/mol. The van der Waals surface area contributed by atoms with Gasteiger partial charge >= 0.3 is 0 Å². The van der Waals surface area contributed by atoms with E-state index < -0.39 is 0 Å². The summed E-state index contributed by atoms with van der Waals surface area (Å²) in [5, 5.41) is 0. The molecule has 2 bridgehead atoms. The summed E-state index contributed by atoms with van der Waals surface area (Å²) in [6.45, 7) is 4.32. The van der Waals surface area contributed by atoms with Crippen LogP contribution in [0, 0.1) is 28.6 Å². The molecule has 1 spiro atoms. The van der Waals surface area contributed by atoms with Crippen LogP contribution in [-0.2, 0) is 4.79 Å². The first-order valence-corrected chi connectivity index (χ1v) is 6.85. The third kappa shape index (κ3) is 0.781. The SMILES string of the molecule is C=C1CC[C@H]2C[C@@H]3[C@H]1CC[C@@]31C[C@@]21CC=O. The van der Waals surface area contributed by atoms with E-state index >= 15 is 0 Å². The van der Waals surface area contributed by atoms with Crippen LogP contribution in [0.2, 0.25) is 0 Å². The van der Waals surface area contributed by atoms with Gasteiger partial charge in [0.15, 0.2) is 0 Å². The molecule has 0 aliphatic heterocycles. The fourth-order valence-electron chi connectivity index (χ4n) is 6.03. The van der Waals surface area contributed by atoms with E-state index in [1.165, 1.54) is 50.4 Å². The molecule has 4 aliphatic rings. The van der Waals surface area contributed by atoms with Crippen LogP contribution in [0.5, 0.6) is 0 Å². The topological polar surface area (TPSA) is 17.1 Å². The van der Waals surface area contributed by atoms with Gasteiger partial charge in [-0.2, -0.15) is 0 Å². The Kier molecular flexibility index (Phi) is 1.55. The van der Waals surface area contributed by atoms with Gasteiger partial charge in [-0.25, -0.2) is 0 Å². The van der Waals surface area contributed by atoms with Crippen molar-refractivity contribution in [2.45, 2.75) is 44.9 Å². The number of hydrogen-bond donors (Lipinski definition) is 0. The first kappa shape index (κ1) is 9.44. The van der Waals surface area contributed by atoms with E-state index in [4.69, 9.17) is 0 Å². The van der Waals surface area contributed by atoms with Crippen LogP contribution in [0.3, 0.4) is 0 Å². The van der Waals surface area contributed by atoms with E-state index in [1.54, 1.807) is 0 Å². The molecule has 5 atom stereocenters. The van der Waals surface area contributed by atoms with Gasteiger partial charge < -0.3 is 4.79 Å². The number of allylic oxidation sites excluding steroid dienone is 1. The lowest BCUT2D eigenvalue weighted by Gasteiger charge is -2.24. The van der Waals surface area contributed by atoms with Crippen molar-refractivity contribution in [2.75, 3.05) is 0 Å². The number of fused-ring (bicyclic) bond motifs is 2. The number of rotatable bonds is 2. The molecule has 4 rings (SSSR count). The average Bonchev–Trinajstić information content (AvgIpc) is 2.68. The van der Waals surface area contributed by atoms with Gasteiger partial charge in [-0.15, -0.1) is 0 Å². The van der Waals surface area contributed by atoms with Crippen molar-refractivity contribution in [3.8, 4) is 0 Å².